The van der Waals surface area contributed by atoms with Crippen molar-refractivity contribution in [2.75, 3.05) is 0 Å². The Balaban J connectivity index is 2.48. The Bertz CT molecular complexity index is 482. The fraction of sp³-hybridized carbons (Fsp3) is 0.625. The monoisotopic (exact) mass is 244 g/mol. The number of fused-ring (bicyclic) bond motifs is 1. The van der Waals surface area contributed by atoms with Gasteiger partial charge in [0.1, 0.15) is 0 Å². The highest BCUT2D eigenvalue weighted by Crippen LogP contribution is 2.34. The van der Waals surface area contributed by atoms with Gasteiger partial charge in [-0.25, -0.2) is 9.98 Å². The van der Waals surface area contributed by atoms with Crippen molar-refractivity contribution in [1.29, 1.82) is 0 Å². The van der Waals surface area contributed by atoms with E-state index >= 15 is 0 Å². The summed E-state index contributed by atoms with van der Waals surface area (Å²) < 4.78 is 0. The summed E-state index contributed by atoms with van der Waals surface area (Å²) in [5.41, 5.74) is 5.20. The van der Waals surface area contributed by atoms with Gasteiger partial charge in [0, 0.05) is 23.4 Å². The fourth-order valence-corrected chi connectivity index (χ4v) is 2.43. The summed E-state index contributed by atoms with van der Waals surface area (Å²) in [6.45, 7) is 13.3. The number of rotatable bonds is 3. The van der Waals surface area contributed by atoms with Crippen LogP contribution in [0, 0.1) is 5.92 Å². The molecule has 2 heteroatoms. The number of hydrogen-bond acceptors (Lipinski definition) is 2. The van der Waals surface area contributed by atoms with E-state index in [0.29, 0.717) is 17.8 Å². The molecule has 0 spiro atoms. The third kappa shape index (κ3) is 2.33. The molecule has 0 aliphatic carbocycles. The Morgan fingerprint density at radius 2 is 1.61 bits per heavy atom. The molecule has 0 aromatic carbocycles. The first-order valence-electron chi connectivity index (χ1n) is 7.01. The second-order valence-corrected chi connectivity index (χ2v) is 6.19. The Hall–Kier alpha value is -1.18. The van der Waals surface area contributed by atoms with Crippen molar-refractivity contribution in [3.05, 3.63) is 22.9 Å². The van der Waals surface area contributed by atoms with E-state index in [1.165, 1.54) is 22.5 Å². The second-order valence-electron chi connectivity index (χ2n) is 6.19. The number of hydrogen-bond donors (Lipinski definition) is 0. The van der Waals surface area contributed by atoms with Crippen molar-refractivity contribution in [3.8, 4) is 0 Å². The van der Waals surface area contributed by atoms with Crippen molar-refractivity contribution in [2.24, 2.45) is 10.9 Å². The third-order valence-electron chi connectivity index (χ3n) is 3.60. The van der Waals surface area contributed by atoms with Crippen molar-refractivity contribution in [2.45, 2.75) is 59.8 Å². The average Bonchev–Trinajstić information content (AvgIpc) is 2.69. The Morgan fingerprint density at radius 1 is 0.944 bits per heavy atom. The quantitative estimate of drug-likeness (QED) is 0.762. The van der Waals surface area contributed by atoms with E-state index < -0.39 is 0 Å². The Kier molecular flexibility index (Phi) is 3.56. The lowest BCUT2D eigenvalue weighted by Crippen LogP contribution is -2.07. The van der Waals surface area contributed by atoms with Crippen molar-refractivity contribution >= 4 is 11.5 Å². The van der Waals surface area contributed by atoms with Crippen LogP contribution < -0.4 is 0 Å². The minimum atomic E-state index is 0.464. The van der Waals surface area contributed by atoms with Crippen LogP contribution in [0.5, 0.6) is 0 Å². The van der Waals surface area contributed by atoms with E-state index in [1.807, 2.05) is 0 Å². The van der Waals surface area contributed by atoms with Crippen molar-refractivity contribution in [3.63, 3.8) is 0 Å². The number of aromatic nitrogens is 1. The highest BCUT2D eigenvalue weighted by atomic mass is 14.9. The summed E-state index contributed by atoms with van der Waals surface area (Å²) in [4.78, 5) is 9.52. The van der Waals surface area contributed by atoms with Crippen LogP contribution in [-0.2, 0) is 6.42 Å². The van der Waals surface area contributed by atoms with Gasteiger partial charge in [0.05, 0.1) is 0 Å². The average molecular weight is 244 g/mol. The normalized spacial score (nSPS) is 14.6. The van der Waals surface area contributed by atoms with Crippen LogP contribution in [0.1, 0.15) is 70.2 Å². The minimum absolute atomic E-state index is 0.464. The van der Waals surface area contributed by atoms with Gasteiger partial charge < -0.3 is 0 Å². The molecule has 0 unspecified atom stereocenters. The van der Waals surface area contributed by atoms with Crippen LogP contribution in [0.15, 0.2) is 11.1 Å². The molecule has 98 valence electrons. The molecule has 0 atom stereocenters. The molecule has 0 N–H and O–H groups in total. The lowest BCUT2D eigenvalue weighted by atomic mass is 9.93. The molecule has 1 aromatic heterocycles. The van der Waals surface area contributed by atoms with E-state index in [9.17, 15) is 0 Å². The molecular weight excluding hydrogens is 220 g/mol. The SMILES string of the molecule is CC(C)C1=Nc2nc(C(C)C)c(C(C)C)cc2C1. The minimum Gasteiger partial charge on any atom is -0.237 e. The molecule has 0 saturated heterocycles. The largest absolute Gasteiger partial charge is 0.237 e. The summed E-state index contributed by atoms with van der Waals surface area (Å²) in [5, 5.41) is 0. The first kappa shape index (κ1) is 13.3. The number of nitrogens with zero attached hydrogens (tertiary/aromatic N) is 2. The maximum atomic E-state index is 4.82. The molecule has 2 rings (SSSR count). The van der Waals surface area contributed by atoms with Gasteiger partial charge in [0.15, 0.2) is 5.82 Å². The topological polar surface area (TPSA) is 25.2 Å². The Labute approximate surface area is 111 Å². The predicted molar refractivity (Wildman–Crippen MR) is 78.1 cm³/mol. The molecule has 0 fully saturated rings. The predicted octanol–water partition coefficient (Wildman–Crippen LogP) is 4.61. The van der Waals surface area contributed by atoms with Crippen LogP contribution in [0.25, 0.3) is 0 Å². The first-order valence-corrected chi connectivity index (χ1v) is 7.01. The fourth-order valence-electron chi connectivity index (χ4n) is 2.43. The lowest BCUT2D eigenvalue weighted by Gasteiger charge is -2.16. The molecule has 0 amide bonds. The zero-order valence-corrected chi connectivity index (χ0v) is 12.4. The molecule has 2 heterocycles. The maximum absolute atomic E-state index is 4.82. The molecule has 0 bridgehead atoms. The van der Waals surface area contributed by atoms with Crippen LogP contribution in [0.4, 0.5) is 5.82 Å². The summed E-state index contributed by atoms with van der Waals surface area (Å²) >= 11 is 0. The smallest absolute Gasteiger partial charge is 0.155 e. The van der Waals surface area contributed by atoms with Crippen LogP contribution in [0.2, 0.25) is 0 Å². The van der Waals surface area contributed by atoms with Gasteiger partial charge in [-0.2, -0.15) is 0 Å². The highest BCUT2D eigenvalue weighted by molar-refractivity contribution is 5.94. The van der Waals surface area contributed by atoms with Crippen LogP contribution in [0.3, 0.4) is 0 Å². The summed E-state index contributed by atoms with van der Waals surface area (Å²) in [6.07, 6.45) is 0.984. The maximum Gasteiger partial charge on any atom is 0.155 e. The molecule has 0 saturated carbocycles. The van der Waals surface area contributed by atoms with Crippen LogP contribution >= 0.6 is 0 Å². The van der Waals surface area contributed by atoms with E-state index in [2.05, 4.69) is 47.6 Å². The molecule has 1 aliphatic heterocycles. The molecule has 2 nitrogen and oxygen atoms in total. The van der Waals surface area contributed by atoms with Gasteiger partial charge >= 0.3 is 0 Å². The molecule has 18 heavy (non-hydrogen) atoms. The van der Waals surface area contributed by atoms with Gasteiger partial charge in [0.2, 0.25) is 0 Å². The summed E-state index contributed by atoms with van der Waals surface area (Å²) in [6, 6.07) is 2.33. The van der Waals surface area contributed by atoms with E-state index in [-0.39, 0.29) is 0 Å². The van der Waals surface area contributed by atoms with Crippen LogP contribution in [-0.4, -0.2) is 10.7 Å². The van der Waals surface area contributed by atoms with Gasteiger partial charge in [-0.3, -0.25) is 0 Å². The molecule has 1 aromatic rings. The van der Waals surface area contributed by atoms with Gasteiger partial charge in [-0.1, -0.05) is 41.5 Å². The van der Waals surface area contributed by atoms with Crippen molar-refractivity contribution in [1.82, 2.24) is 4.98 Å². The van der Waals surface area contributed by atoms with Gasteiger partial charge in [-0.05, 0) is 29.4 Å². The molecular formula is C16H24N2. The molecule has 1 aliphatic rings. The lowest BCUT2D eigenvalue weighted by molar-refractivity contribution is 0.756. The standard InChI is InChI=1S/C16H24N2/c1-9(2)13-7-12-8-14(10(3)4)17-16(12)18-15(13)11(5)6/h7,9-11H,8H2,1-6H3. The summed E-state index contributed by atoms with van der Waals surface area (Å²) in [5.74, 6) is 2.48. The van der Waals surface area contributed by atoms with E-state index in [4.69, 9.17) is 9.98 Å². The second kappa shape index (κ2) is 4.83. The zero-order valence-electron chi connectivity index (χ0n) is 12.4. The van der Waals surface area contributed by atoms with Gasteiger partial charge in [0.25, 0.3) is 0 Å². The Morgan fingerprint density at radius 3 is 2.11 bits per heavy atom. The highest BCUT2D eigenvalue weighted by Gasteiger charge is 2.22. The summed E-state index contributed by atoms with van der Waals surface area (Å²) in [7, 11) is 0. The van der Waals surface area contributed by atoms with Gasteiger partial charge in [-0.15, -0.1) is 0 Å². The number of aliphatic imine (C=N–C) groups is 1. The van der Waals surface area contributed by atoms with E-state index in [0.717, 1.165) is 12.2 Å². The number of pyridine rings is 1. The zero-order chi connectivity index (χ0) is 13.4. The molecule has 0 radical (unpaired) electrons. The third-order valence-corrected chi connectivity index (χ3v) is 3.60. The first-order chi connectivity index (χ1) is 8.40. The van der Waals surface area contributed by atoms with Crippen molar-refractivity contribution < 1.29 is 0 Å². The van der Waals surface area contributed by atoms with E-state index in [1.54, 1.807) is 0 Å².